The Labute approximate surface area is 207 Å². The van der Waals surface area contributed by atoms with E-state index in [1.807, 2.05) is 31.2 Å². The molecule has 8 heteroatoms. The summed E-state index contributed by atoms with van der Waals surface area (Å²) >= 11 is 6.06. The van der Waals surface area contributed by atoms with Gasteiger partial charge in [0.2, 0.25) is 5.82 Å². The number of halogens is 2. The molecular formula is C27H22ClFN4O2. The number of aryl methyl sites for hydroxylation is 1. The van der Waals surface area contributed by atoms with Crippen LogP contribution in [0.25, 0.3) is 17.0 Å². The van der Waals surface area contributed by atoms with E-state index in [2.05, 4.69) is 22.4 Å². The molecule has 0 saturated carbocycles. The van der Waals surface area contributed by atoms with E-state index in [-0.39, 0.29) is 17.7 Å². The van der Waals surface area contributed by atoms with Gasteiger partial charge in [0.1, 0.15) is 5.82 Å². The fourth-order valence-corrected chi connectivity index (χ4v) is 4.32. The lowest BCUT2D eigenvalue weighted by atomic mass is 9.93. The lowest BCUT2D eigenvalue weighted by Crippen LogP contribution is -2.46. The van der Waals surface area contributed by atoms with E-state index in [1.54, 1.807) is 41.3 Å². The number of anilines is 1. The van der Waals surface area contributed by atoms with Gasteiger partial charge in [-0.05, 0) is 60.9 Å². The van der Waals surface area contributed by atoms with Gasteiger partial charge in [-0.15, -0.1) is 0 Å². The standard InChI is InChI=1S/C27H22ClFN4O2/c1-3-17-7-9-18(10-8-17)24-23(26-31-25(32-35-26)19-5-4-6-21(29)15-19)16(2)33(27(34)30-24)22-13-11-20(28)12-14-22/h4-15,24H,3H2,1-2H3,(H,30,34). The molecule has 0 bridgehead atoms. The Hall–Kier alpha value is -3.97. The predicted octanol–water partition coefficient (Wildman–Crippen LogP) is 6.79. The monoisotopic (exact) mass is 488 g/mol. The third kappa shape index (κ3) is 4.42. The summed E-state index contributed by atoms with van der Waals surface area (Å²) in [4.78, 5) is 19.4. The molecule has 1 aromatic heterocycles. The van der Waals surface area contributed by atoms with E-state index in [0.717, 1.165) is 12.0 Å². The van der Waals surface area contributed by atoms with Crippen LogP contribution in [0.15, 0.2) is 83.0 Å². The fraction of sp³-hybridized carbons (Fsp3) is 0.148. The van der Waals surface area contributed by atoms with Crippen molar-refractivity contribution in [2.45, 2.75) is 26.3 Å². The topological polar surface area (TPSA) is 71.3 Å². The van der Waals surface area contributed by atoms with Gasteiger partial charge in [-0.1, -0.05) is 60.1 Å². The van der Waals surface area contributed by atoms with Crippen molar-refractivity contribution in [2.24, 2.45) is 0 Å². The second kappa shape index (κ2) is 9.35. The smallest absolute Gasteiger partial charge is 0.326 e. The molecule has 1 atom stereocenters. The first kappa shape index (κ1) is 22.8. The number of rotatable bonds is 5. The Balaban J connectivity index is 1.64. The Morgan fingerprint density at radius 3 is 2.51 bits per heavy atom. The van der Waals surface area contributed by atoms with E-state index < -0.39 is 11.9 Å². The zero-order chi connectivity index (χ0) is 24.5. The van der Waals surface area contributed by atoms with Gasteiger partial charge >= 0.3 is 6.03 Å². The fourth-order valence-electron chi connectivity index (χ4n) is 4.19. The number of carbonyl (C=O) groups excluding carboxylic acids is 1. The first-order valence-corrected chi connectivity index (χ1v) is 11.6. The molecule has 1 aliphatic heterocycles. The SMILES string of the molecule is CCc1ccc(C2NC(=O)N(c3ccc(Cl)cc3)C(C)=C2c2nc(-c3cccc(F)c3)no2)cc1. The molecule has 3 aromatic carbocycles. The molecule has 2 heterocycles. The van der Waals surface area contributed by atoms with Crippen LogP contribution in [0, 0.1) is 5.82 Å². The van der Waals surface area contributed by atoms with Gasteiger partial charge < -0.3 is 9.84 Å². The van der Waals surface area contributed by atoms with Crippen LogP contribution in [0.1, 0.15) is 36.9 Å². The zero-order valence-electron chi connectivity index (χ0n) is 19.1. The molecule has 1 N–H and O–H groups in total. The first-order chi connectivity index (χ1) is 16.9. The van der Waals surface area contributed by atoms with Crippen LogP contribution in [0.2, 0.25) is 5.02 Å². The van der Waals surface area contributed by atoms with Gasteiger partial charge in [0, 0.05) is 16.3 Å². The number of urea groups is 1. The minimum atomic E-state index is -0.516. The molecule has 5 rings (SSSR count). The Morgan fingerprint density at radius 2 is 1.83 bits per heavy atom. The molecule has 1 unspecified atom stereocenters. The third-order valence-corrected chi connectivity index (χ3v) is 6.28. The average molecular weight is 489 g/mol. The quantitative estimate of drug-likeness (QED) is 0.335. The van der Waals surface area contributed by atoms with Crippen LogP contribution in [0.3, 0.4) is 0 Å². The minimum absolute atomic E-state index is 0.241. The van der Waals surface area contributed by atoms with Gasteiger partial charge in [-0.3, -0.25) is 4.90 Å². The number of nitrogens with zero attached hydrogens (tertiary/aromatic N) is 3. The lowest BCUT2D eigenvalue weighted by Gasteiger charge is -2.35. The van der Waals surface area contributed by atoms with Gasteiger partial charge in [-0.25, -0.2) is 9.18 Å². The average Bonchev–Trinajstić information content (AvgIpc) is 3.35. The van der Waals surface area contributed by atoms with Gasteiger partial charge in [0.25, 0.3) is 5.89 Å². The Bertz CT molecular complexity index is 1410. The van der Waals surface area contributed by atoms with Gasteiger partial charge in [-0.2, -0.15) is 4.98 Å². The number of carbonyl (C=O) groups is 1. The molecule has 4 aromatic rings. The summed E-state index contributed by atoms with van der Waals surface area (Å²) in [6, 6.07) is 20.2. The highest BCUT2D eigenvalue weighted by Crippen LogP contribution is 2.39. The third-order valence-electron chi connectivity index (χ3n) is 6.03. The molecule has 0 fully saturated rings. The van der Waals surface area contributed by atoms with Crippen LogP contribution in [-0.4, -0.2) is 16.2 Å². The summed E-state index contributed by atoms with van der Waals surface area (Å²) in [5.41, 5.74) is 4.50. The summed E-state index contributed by atoms with van der Waals surface area (Å²) in [7, 11) is 0. The summed E-state index contributed by atoms with van der Waals surface area (Å²) in [5.74, 6) is 0.108. The highest BCUT2D eigenvalue weighted by Gasteiger charge is 2.36. The van der Waals surface area contributed by atoms with E-state index in [0.29, 0.717) is 27.5 Å². The molecule has 0 radical (unpaired) electrons. The van der Waals surface area contributed by atoms with Crippen molar-refractivity contribution >= 4 is 28.9 Å². The molecule has 0 saturated heterocycles. The van der Waals surface area contributed by atoms with Crippen molar-refractivity contribution in [1.82, 2.24) is 15.5 Å². The largest absolute Gasteiger partial charge is 0.334 e. The number of hydrogen-bond donors (Lipinski definition) is 1. The first-order valence-electron chi connectivity index (χ1n) is 11.2. The Kier molecular flexibility index (Phi) is 6.09. The summed E-state index contributed by atoms with van der Waals surface area (Å²) in [6.45, 7) is 3.92. The lowest BCUT2D eigenvalue weighted by molar-refractivity contribution is 0.244. The number of benzene rings is 3. The number of aromatic nitrogens is 2. The maximum atomic E-state index is 13.8. The number of hydrogen-bond acceptors (Lipinski definition) is 4. The predicted molar refractivity (Wildman–Crippen MR) is 133 cm³/mol. The van der Waals surface area contributed by atoms with Crippen molar-refractivity contribution < 1.29 is 13.7 Å². The highest BCUT2D eigenvalue weighted by atomic mass is 35.5. The van der Waals surface area contributed by atoms with Crippen molar-refractivity contribution in [3.8, 4) is 11.4 Å². The number of allylic oxidation sites excluding steroid dienone is 1. The van der Waals surface area contributed by atoms with Crippen molar-refractivity contribution in [3.63, 3.8) is 0 Å². The Morgan fingerprint density at radius 1 is 1.09 bits per heavy atom. The molecule has 2 amide bonds. The maximum Gasteiger partial charge on any atom is 0.326 e. The van der Waals surface area contributed by atoms with Crippen molar-refractivity contribution in [1.29, 1.82) is 0 Å². The van der Waals surface area contributed by atoms with Crippen LogP contribution in [0.4, 0.5) is 14.9 Å². The van der Waals surface area contributed by atoms with Crippen LogP contribution >= 0.6 is 11.6 Å². The molecule has 35 heavy (non-hydrogen) atoms. The molecule has 176 valence electrons. The highest BCUT2D eigenvalue weighted by molar-refractivity contribution is 6.30. The normalized spacial score (nSPS) is 15.9. The van der Waals surface area contributed by atoms with Gasteiger partial charge in [0.15, 0.2) is 0 Å². The number of nitrogens with one attached hydrogen (secondary N) is 1. The van der Waals surface area contributed by atoms with Gasteiger partial charge in [0.05, 0.1) is 17.3 Å². The van der Waals surface area contributed by atoms with Crippen molar-refractivity contribution in [2.75, 3.05) is 4.90 Å². The van der Waals surface area contributed by atoms with Crippen LogP contribution in [0.5, 0.6) is 0 Å². The number of amides is 2. The second-order valence-corrected chi connectivity index (χ2v) is 8.66. The minimum Gasteiger partial charge on any atom is -0.334 e. The molecule has 0 aliphatic carbocycles. The zero-order valence-corrected chi connectivity index (χ0v) is 19.9. The second-order valence-electron chi connectivity index (χ2n) is 8.22. The molecule has 6 nitrogen and oxygen atoms in total. The summed E-state index contributed by atoms with van der Waals surface area (Å²) in [5, 5.41) is 7.73. The summed E-state index contributed by atoms with van der Waals surface area (Å²) < 4.78 is 19.4. The van der Waals surface area contributed by atoms with E-state index in [4.69, 9.17) is 16.1 Å². The maximum absolute atomic E-state index is 13.8. The van der Waals surface area contributed by atoms with E-state index >= 15 is 0 Å². The van der Waals surface area contributed by atoms with E-state index in [1.165, 1.54) is 17.7 Å². The van der Waals surface area contributed by atoms with Crippen LogP contribution < -0.4 is 10.2 Å². The summed E-state index contributed by atoms with van der Waals surface area (Å²) in [6.07, 6.45) is 0.907. The van der Waals surface area contributed by atoms with Crippen LogP contribution in [-0.2, 0) is 6.42 Å². The van der Waals surface area contributed by atoms with Crippen molar-refractivity contribution in [3.05, 3.63) is 106 Å². The molecule has 0 spiro atoms. The van der Waals surface area contributed by atoms with E-state index in [9.17, 15) is 9.18 Å². The molecular weight excluding hydrogens is 467 g/mol. The molecule has 1 aliphatic rings.